The van der Waals surface area contributed by atoms with Gasteiger partial charge in [-0.15, -0.1) is 0 Å². The minimum atomic E-state index is -3.33. The molecule has 0 saturated heterocycles. The highest BCUT2D eigenvalue weighted by molar-refractivity contribution is 7.91. The second-order valence-electron chi connectivity index (χ2n) is 3.06. The van der Waals surface area contributed by atoms with Gasteiger partial charge in [0.25, 0.3) is 5.69 Å². The summed E-state index contributed by atoms with van der Waals surface area (Å²) in [5, 5.41) is 10.4. The van der Waals surface area contributed by atoms with Crippen LogP contribution in [0.1, 0.15) is 0 Å². The second kappa shape index (κ2) is 3.20. The van der Waals surface area contributed by atoms with Crippen molar-refractivity contribution in [1.29, 1.82) is 0 Å². The van der Waals surface area contributed by atoms with Crippen LogP contribution in [-0.2, 0) is 9.84 Å². The van der Waals surface area contributed by atoms with Crippen LogP contribution in [0.2, 0.25) is 0 Å². The molecule has 1 aromatic carbocycles. The topological polar surface area (TPSA) is 86.5 Å². The van der Waals surface area contributed by atoms with Crippen molar-refractivity contribution in [2.45, 2.75) is 4.90 Å². The molecule has 0 bridgehead atoms. The molecule has 0 amide bonds. The van der Waals surface area contributed by atoms with Crippen LogP contribution in [0, 0.1) is 10.1 Å². The Bertz CT molecular complexity index is 522. The number of hydrogen-bond acceptors (Lipinski definition) is 5. The predicted octanol–water partition coefficient (Wildman–Crippen LogP) is 0.761. The molecule has 6 nitrogen and oxygen atoms in total. The SMILES string of the molecule is O=[N+]([O-])c1ccc2c(c1)OCCS2(=O)=O. The lowest BCUT2D eigenvalue weighted by Gasteiger charge is -2.16. The second-order valence-corrected chi connectivity index (χ2v) is 5.13. The summed E-state index contributed by atoms with van der Waals surface area (Å²) in [7, 11) is -3.33. The third kappa shape index (κ3) is 1.65. The molecule has 2 rings (SSSR count). The van der Waals surface area contributed by atoms with Crippen molar-refractivity contribution in [3.8, 4) is 5.75 Å². The van der Waals surface area contributed by atoms with Crippen LogP contribution in [0.25, 0.3) is 0 Å². The normalized spacial score (nSPS) is 17.6. The molecule has 1 aliphatic rings. The molecule has 1 aliphatic heterocycles. The minimum absolute atomic E-state index is 0.0272. The van der Waals surface area contributed by atoms with Crippen molar-refractivity contribution < 1.29 is 18.1 Å². The molecule has 0 aromatic heterocycles. The lowest BCUT2D eigenvalue weighted by Crippen LogP contribution is -2.21. The summed E-state index contributed by atoms with van der Waals surface area (Å²) in [5.74, 6) is -0.0203. The van der Waals surface area contributed by atoms with E-state index in [1.807, 2.05) is 0 Å². The van der Waals surface area contributed by atoms with E-state index < -0.39 is 14.8 Å². The zero-order chi connectivity index (χ0) is 11.1. The first-order valence-corrected chi connectivity index (χ1v) is 5.80. The molecule has 0 aliphatic carbocycles. The molecule has 0 radical (unpaired) electrons. The Balaban J connectivity index is 2.60. The highest BCUT2D eigenvalue weighted by atomic mass is 32.2. The van der Waals surface area contributed by atoms with Gasteiger partial charge in [-0.3, -0.25) is 10.1 Å². The van der Waals surface area contributed by atoms with Crippen LogP contribution in [0.5, 0.6) is 5.75 Å². The first-order valence-electron chi connectivity index (χ1n) is 4.15. The molecule has 0 atom stereocenters. The van der Waals surface area contributed by atoms with Crippen molar-refractivity contribution in [3.63, 3.8) is 0 Å². The number of nitro benzene ring substituents is 1. The van der Waals surface area contributed by atoms with Gasteiger partial charge in [-0.25, -0.2) is 8.42 Å². The van der Waals surface area contributed by atoms with E-state index in [-0.39, 0.29) is 28.7 Å². The fraction of sp³-hybridized carbons (Fsp3) is 0.250. The van der Waals surface area contributed by atoms with Gasteiger partial charge in [0.2, 0.25) is 0 Å². The maximum absolute atomic E-state index is 11.5. The fourth-order valence-electron chi connectivity index (χ4n) is 1.35. The molecule has 0 unspecified atom stereocenters. The fourth-order valence-corrected chi connectivity index (χ4v) is 2.57. The smallest absolute Gasteiger partial charge is 0.273 e. The summed E-state index contributed by atoms with van der Waals surface area (Å²) in [5.41, 5.74) is -0.175. The Labute approximate surface area is 85.5 Å². The largest absolute Gasteiger partial charge is 0.491 e. The van der Waals surface area contributed by atoms with Gasteiger partial charge in [0.05, 0.1) is 16.7 Å². The Morgan fingerprint density at radius 3 is 2.80 bits per heavy atom. The van der Waals surface area contributed by atoms with Gasteiger partial charge in [-0.05, 0) is 6.07 Å². The standard InChI is InChI=1S/C8H7NO5S/c10-9(11)6-1-2-8-7(5-6)14-3-4-15(8,12)13/h1-2,5H,3-4H2. The Morgan fingerprint density at radius 1 is 1.40 bits per heavy atom. The van der Waals surface area contributed by atoms with E-state index in [0.717, 1.165) is 12.1 Å². The maximum Gasteiger partial charge on any atom is 0.273 e. The first kappa shape index (κ1) is 9.91. The third-order valence-electron chi connectivity index (χ3n) is 2.08. The predicted molar refractivity (Wildman–Crippen MR) is 50.6 cm³/mol. The molecule has 1 heterocycles. The Hall–Kier alpha value is -1.63. The van der Waals surface area contributed by atoms with Gasteiger partial charge in [-0.1, -0.05) is 0 Å². The third-order valence-corrected chi connectivity index (χ3v) is 3.79. The molecule has 15 heavy (non-hydrogen) atoms. The van der Waals surface area contributed by atoms with Crippen molar-refractivity contribution in [2.75, 3.05) is 12.4 Å². The number of fused-ring (bicyclic) bond motifs is 1. The number of rotatable bonds is 1. The number of nitrogens with zero attached hydrogens (tertiary/aromatic N) is 1. The van der Waals surface area contributed by atoms with E-state index in [2.05, 4.69) is 0 Å². The van der Waals surface area contributed by atoms with Crippen molar-refractivity contribution >= 4 is 15.5 Å². The highest BCUT2D eigenvalue weighted by Gasteiger charge is 2.26. The number of nitro groups is 1. The number of benzene rings is 1. The molecular formula is C8H7NO5S. The van der Waals surface area contributed by atoms with Crippen LogP contribution < -0.4 is 4.74 Å². The van der Waals surface area contributed by atoms with E-state index in [1.165, 1.54) is 6.07 Å². The van der Waals surface area contributed by atoms with E-state index >= 15 is 0 Å². The molecular weight excluding hydrogens is 222 g/mol. The van der Waals surface area contributed by atoms with Crippen molar-refractivity contribution in [2.24, 2.45) is 0 Å². The average molecular weight is 229 g/mol. The quantitative estimate of drug-likeness (QED) is 0.524. The van der Waals surface area contributed by atoms with Crippen molar-refractivity contribution in [3.05, 3.63) is 28.3 Å². The maximum atomic E-state index is 11.5. The van der Waals surface area contributed by atoms with Crippen LogP contribution in [0.4, 0.5) is 5.69 Å². The van der Waals surface area contributed by atoms with E-state index in [4.69, 9.17) is 4.74 Å². The summed E-state index contributed by atoms with van der Waals surface area (Å²) in [4.78, 5) is 9.88. The molecule has 80 valence electrons. The van der Waals surface area contributed by atoms with Crippen LogP contribution in [0.3, 0.4) is 0 Å². The van der Waals surface area contributed by atoms with E-state index in [9.17, 15) is 18.5 Å². The molecule has 7 heteroatoms. The first-order chi connectivity index (χ1) is 7.00. The molecule has 0 spiro atoms. The lowest BCUT2D eigenvalue weighted by atomic mass is 10.3. The summed E-state index contributed by atoms with van der Waals surface area (Å²) in [6.45, 7) is 0.0382. The number of ether oxygens (including phenoxy) is 1. The van der Waals surface area contributed by atoms with Crippen LogP contribution >= 0.6 is 0 Å². The van der Waals surface area contributed by atoms with E-state index in [1.54, 1.807) is 0 Å². The van der Waals surface area contributed by atoms with Gasteiger partial charge in [-0.2, -0.15) is 0 Å². The zero-order valence-corrected chi connectivity index (χ0v) is 8.36. The van der Waals surface area contributed by atoms with Crippen molar-refractivity contribution in [1.82, 2.24) is 0 Å². The van der Waals surface area contributed by atoms with Gasteiger partial charge < -0.3 is 4.74 Å². The summed E-state index contributed by atoms with van der Waals surface area (Å²) < 4.78 is 28.1. The highest BCUT2D eigenvalue weighted by Crippen LogP contribution is 2.31. The minimum Gasteiger partial charge on any atom is -0.491 e. The monoisotopic (exact) mass is 229 g/mol. The molecule has 1 aromatic rings. The summed E-state index contributed by atoms with van der Waals surface area (Å²) in [6.07, 6.45) is 0. The number of sulfone groups is 1. The lowest BCUT2D eigenvalue weighted by molar-refractivity contribution is -0.385. The molecule has 0 saturated carbocycles. The molecule has 0 N–H and O–H groups in total. The van der Waals surface area contributed by atoms with Crippen LogP contribution in [-0.4, -0.2) is 25.7 Å². The number of hydrogen-bond donors (Lipinski definition) is 0. The summed E-state index contributed by atoms with van der Waals surface area (Å²) in [6, 6.07) is 3.50. The van der Waals surface area contributed by atoms with Crippen LogP contribution in [0.15, 0.2) is 23.1 Å². The number of non-ortho nitro benzene ring substituents is 1. The summed E-state index contributed by atoms with van der Waals surface area (Å²) >= 11 is 0. The van der Waals surface area contributed by atoms with Gasteiger partial charge in [0, 0.05) is 6.07 Å². The Kier molecular flexibility index (Phi) is 2.11. The average Bonchev–Trinajstić information content (AvgIpc) is 2.16. The van der Waals surface area contributed by atoms with Gasteiger partial charge in [0.1, 0.15) is 17.3 Å². The Morgan fingerprint density at radius 2 is 2.13 bits per heavy atom. The van der Waals surface area contributed by atoms with Gasteiger partial charge in [0.15, 0.2) is 9.84 Å². The van der Waals surface area contributed by atoms with Gasteiger partial charge >= 0.3 is 0 Å². The molecule has 0 fully saturated rings. The zero-order valence-electron chi connectivity index (χ0n) is 7.54. The van der Waals surface area contributed by atoms with E-state index in [0.29, 0.717) is 0 Å².